The highest BCUT2D eigenvalue weighted by Gasteiger charge is 2.29. The molecule has 1 aliphatic heterocycles. The number of nitrogens with one attached hydrogen (secondary N) is 1. The molecule has 3 atom stereocenters. The molecular formula is C16H31NS2. The molecule has 3 unspecified atom stereocenters. The first kappa shape index (κ1) is 17.5. The highest BCUT2D eigenvalue weighted by Crippen LogP contribution is 2.34. The summed E-state index contributed by atoms with van der Waals surface area (Å²) in [6.45, 7) is 9.65. The van der Waals surface area contributed by atoms with Crippen LogP contribution in [0, 0.1) is 0 Å². The van der Waals surface area contributed by atoms with E-state index in [1.54, 1.807) is 0 Å². The van der Waals surface area contributed by atoms with Gasteiger partial charge in [0.05, 0.1) is 0 Å². The summed E-state index contributed by atoms with van der Waals surface area (Å²) in [7, 11) is 0. The zero-order valence-electron chi connectivity index (χ0n) is 12.7. The molecule has 1 nitrogen and oxygen atoms in total. The fraction of sp³-hybridized carbons (Fsp3) is 0.875. The molecule has 0 spiro atoms. The maximum Gasteiger partial charge on any atom is 0.0317 e. The number of hydrogen-bond acceptors (Lipinski definition) is 3. The summed E-state index contributed by atoms with van der Waals surface area (Å²) in [5.74, 6) is 2.67. The van der Waals surface area contributed by atoms with E-state index in [9.17, 15) is 0 Å². The molecule has 1 heterocycles. The minimum atomic E-state index is 0.719. The summed E-state index contributed by atoms with van der Waals surface area (Å²) in [6, 6.07) is 0.719. The summed E-state index contributed by atoms with van der Waals surface area (Å²) in [5.41, 5.74) is 0. The van der Waals surface area contributed by atoms with Crippen LogP contribution in [0.4, 0.5) is 0 Å². The van der Waals surface area contributed by atoms with E-state index in [1.807, 2.05) is 6.08 Å². The molecule has 3 heteroatoms. The summed E-state index contributed by atoms with van der Waals surface area (Å²) in [6.07, 6.45) is 9.84. The van der Waals surface area contributed by atoms with Gasteiger partial charge in [0.15, 0.2) is 0 Å². The normalized spacial score (nSPS) is 25.2. The second kappa shape index (κ2) is 11.1. The van der Waals surface area contributed by atoms with Gasteiger partial charge in [0.2, 0.25) is 0 Å². The molecule has 112 valence electrons. The Morgan fingerprint density at radius 1 is 1.26 bits per heavy atom. The van der Waals surface area contributed by atoms with Crippen molar-refractivity contribution < 1.29 is 0 Å². The maximum atomic E-state index is 3.81. The lowest BCUT2D eigenvalue weighted by Gasteiger charge is -2.35. The second-order valence-electron chi connectivity index (χ2n) is 5.40. The largest absolute Gasteiger partial charge is 0.313 e. The molecule has 0 amide bonds. The van der Waals surface area contributed by atoms with Crippen molar-refractivity contribution >= 4 is 23.5 Å². The van der Waals surface area contributed by atoms with Crippen molar-refractivity contribution in [1.82, 2.24) is 5.32 Å². The van der Waals surface area contributed by atoms with Crippen molar-refractivity contribution in [3.05, 3.63) is 12.7 Å². The van der Waals surface area contributed by atoms with E-state index >= 15 is 0 Å². The first-order chi connectivity index (χ1) is 9.29. The van der Waals surface area contributed by atoms with E-state index in [0.717, 1.165) is 16.5 Å². The Balaban J connectivity index is 2.34. The zero-order valence-corrected chi connectivity index (χ0v) is 14.3. The predicted octanol–water partition coefficient (Wildman–Crippen LogP) is 4.73. The van der Waals surface area contributed by atoms with E-state index in [0.29, 0.717) is 0 Å². The van der Waals surface area contributed by atoms with E-state index in [-0.39, 0.29) is 0 Å². The van der Waals surface area contributed by atoms with Crippen molar-refractivity contribution in [2.24, 2.45) is 0 Å². The van der Waals surface area contributed by atoms with Crippen LogP contribution in [0.5, 0.6) is 0 Å². The van der Waals surface area contributed by atoms with Gasteiger partial charge < -0.3 is 5.32 Å². The van der Waals surface area contributed by atoms with Gasteiger partial charge >= 0.3 is 0 Å². The fourth-order valence-electron chi connectivity index (χ4n) is 2.63. The lowest BCUT2D eigenvalue weighted by molar-refractivity contribution is 0.441. The zero-order chi connectivity index (χ0) is 13.9. The van der Waals surface area contributed by atoms with Gasteiger partial charge in [-0.1, -0.05) is 32.8 Å². The number of rotatable bonds is 10. The van der Waals surface area contributed by atoms with Gasteiger partial charge in [0, 0.05) is 28.0 Å². The minimum absolute atomic E-state index is 0.719. The third-order valence-corrected chi connectivity index (χ3v) is 6.96. The van der Waals surface area contributed by atoms with Gasteiger partial charge in [-0.3, -0.25) is 0 Å². The SMILES string of the molecule is C=CCCCCCC(NCCC)C1SCCSC1C. The molecule has 19 heavy (non-hydrogen) atoms. The van der Waals surface area contributed by atoms with E-state index in [2.05, 4.69) is 49.3 Å². The van der Waals surface area contributed by atoms with Crippen LogP contribution < -0.4 is 5.32 Å². The molecular weight excluding hydrogens is 270 g/mol. The monoisotopic (exact) mass is 301 g/mol. The third-order valence-electron chi connectivity index (χ3n) is 3.71. The Morgan fingerprint density at radius 3 is 2.74 bits per heavy atom. The maximum absolute atomic E-state index is 3.81. The standard InChI is InChI=1S/C16H31NS2/c1-4-6-7-8-9-10-15(17-11-5-2)16-14(3)18-12-13-19-16/h4,14-17H,1,5-13H2,2-3H3. The van der Waals surface area contributed by atoms with E-state index in [1.165, 1.54) is 56.6 Å². The Morgan fingerprint density at radius 2 is 2.05 bits per heavy atom. The number of hydrogen-bond donors (Lipinski definition) is 1. The lowest BCUT2D eigenvalue weighted by atomic mass is 10.0. The van der Waals surface area contributed by atoms with Crippen molar-refractivity contribution in [3.63, 3.8) is 0 Å². The Hall–Kier alpha value is 0.400. The molecule has 0 bridgehead atoms. The Labute approximate surface area is 128 Å². The molecule has 0 saturated carbocycles. The summed E-state index contributed by atoms with van der Waals surface area (Å²) in [5, 5.41) is 5.42. The molecule has 1 fully saturated rings. The van der Waals surface area contributed by atoms with Crippen molar-refractivity contribution in [2.45, 2.75) is 68.9 Å². The van der Waals surface area contributed by atoms with Gasteiger partial charge in [-0.15, -0.1) is 6.58 Å². The van der Waals surface area contributed by atoms with E-state index < -0.39 is 0 Å². The van der Waals surface area contributed by atoms with Crippen molar-refractivity contribution in [3.8, 4) is 0 Å². The quantitative estimate of drug-likeness (QED) is 0.463. The molecule has 1 saturated heterocycles. The number of thioether (sulfide) groups is 2. The molecule has 0 aliphatic carbocycles. The van der Waals surface area contributed by atoms with Gasteiger partial charge in [-0.25, -0.2) is 0 Å². The molecule has 1 N–H and O–H groups in total. The van der Waals surface area contributed by atoms with Crippen LogP contribution in [-0.2, 0) is 0 Å². The van der Waals surface area contributed by atoms with Gasteiger partial charge in [0.25, 0.3) is 0 Å². The topological polar surface area (TPSA) is 12.0 Å². The minimum Gasteiger partial charge on any atom is -0.313 e. The van der Waals surface area contributed by atoms with Crippen LogP contribution in [0.1, 0.15) is 52.4 Å². The summed E-state index contributed by atoms with van der Waals surface area (Å²) in [4.78, 5) is 0. The highest BCUT2D eigenvalue weighted by atomic mass is 32.2. The van der Waals surface area contributed by atoms with Gasteiger partial charge in [0.1, 0.15) is 0 Å². The average Bonchev–Trinajstić information content (AvgIpc) is 2.43. The van der Waals surface area contributed by atoms with Gasteiger partial charge in [-0.05, 0) is 32.2 Å². The number of allylic oxidation sites excluding steroid dienone is 1. The lowest BCUT2D eigenvalue weighted by Crippen LogP contribution is -2.44. The Bertz CT molecular complexity index is 233. The molecule has 0 aromatic heterocycles. The highest BCUT2D eigenvalue weighted by molar-refractivity contribution is 8.07. The van der Waals surface area contributed by atoms with Gasteiger partial charge in [-0.2, -0.15) is 23.5 Å². The second-order valence-corrected chi connectivity index (χ2v) is 8.17. The molecule has 0 aromatic carbocycles. The third kappa shape index (κ3) is 7.10. The Kier molecular flexibility index (Phi) is 10.2. The predicted molar refractivity (Wildman–Crippen MR) is 93.5 cm³/mol. The van der Waals surface area contributed by atoms with Crippen molar-refractivity contribution in [2.75, 3.05) is 18.1 Å². The van der Waals surface area contributed by atoms with Crippen LogP contribution in [0.25, 0.3) is 0 Å². The molecule has 0 aromatic rings. The summed E-state index contributed by atoms with van der Waals surface area (Å²) >= 11 is 4.36. The van der Waals surface area contributed by atoms with Crippen LogP contribution in [0.3, 0.4) is 0 Å². The summed E-state index contributed by atoms with van der Waals surface area (Å²) < 4.78 is 0. The van der Waals surface area contributed by atoms with Crippen LogP contribution in [0.15, 0.2) is 12.7 Å². The molecule has 1 rings (SSSR count). The van der Waals surface area contributed by atoms with Crippen LogP contribution in [0.2, 0.25) is 0 Å². The van der Waals surface area contributed by atoms with Crippen LogP contribution >= 0.6 is 23.5 Å². The molecule has 0 radical (unpaired) electrons. The smallest absolute Gasteiger partial charge is 0.0317 e. The first-order valence-corrected chi connectivity index (χ1v) is 9.96. The fourth-order valence-corrected chi connectivity index (χ4v) is 5.63. The van der Waals surface area contributed by atoms with E-state index in [4.69, 9.17) is 0 Å². The van der Waals surface area contributed by atoms with Crippen molar-refractivity contribution in [1.29, 1.82) is 0 Å². The number of unbranched alkanes of at least 4 members (excludes halogenated alkanes) is 3. The first-order valence-electron chi connectivity index (χ1n) is 7.87. The average molecular weight is 302 g/mol. The molecule has 1 aliphatic rings. The van der Waals surface area contributed by atoms with Crippen LogP contribution in [-0.4, -0.2) is 34.6 Å².